The van der Waals surface area contributed by atoms with E-state index in [1.807, 2.05) is 26.8 Å². The number of phenolic OH excluding ortho intramolecular Hbond substituents is 1. The topological polar surface area (TPSA) is 84.9 Å². The van der Waals surface area contributed by atoms with Crippen LogP contribution in [0.4, 0.5) is 4.79 Å². The van der Waals surface area contributed by atoms with Crippen LogP contribution in [0.5, 0.6) is 5.75 Å². The molecule has 0 aliphatic carbocycles. The fourth-order valence-electron chi connectivity index (χ4n) is 2.33. The smallest absolute Gasteiger partial charge is 0.408 e. The number of alkyl carbamates (subject to hydrolysis) is 1. The normalized spacial score (nSPS) is 13.1. The summed E-state index contributed by atoms with van der Waals surface area (Å²) in [5.74, 6) is -0.359. The van der Waals surface area contributed by atoms with Crippen LogP contribution in [0.2, 0.25) is 0 Å². The average Bonchev–Trinajstić information content (AvgIpc) is 2.44. The van der Waals surface area contributed by atoms with E-state index in [0.717, 1.165) is 11.1 Å². The maximum atomic E-state index is 12.0. The van der Waals surface area contributed by atoms with Gasteiger partial charge in [0.05, 0.1) is 7.11 Å². The van der Waals surface area contributed by atoms with Crippen LogP contribution in [-0.4, -0.2) is 35.9 Å². The van der Waals surface area contributed by atoms with Crippen LogP contribution in [0.15, 0.2) is 18.2 Å². The van der Waals surface area contributed by atoms with Crippen LogP contribution < -0.4 is 5.32 Å². The number of aromatic hydroxyl groups is 1. The highest BCUT2D eigenvalue weighted by Gasteiger charge is 2.26. The van der Waals surface area contributed by atoms with Crippen molar-refractivity contribution in [3.63, 3.8) is 0 Å². The van der Waals surface area contributed by atoms with Gasteiger partial charge in [0.25, 0.3) is 0 Å². The maximum absolute atomic E-state index is 12.0. The van der Waals surface area contributed by atoms with Crippen LogP contribution in [-0.2, 0) is 26.1 Å². The lowest BCUT2D eigenvalue weighted by atomic mass is 9.85. The van der Waals surface area contributed by atoms with Gasteiger partial charge in [0.2, 0.25) is 0 Å². The molecule has 0 radical (unpaired) electrons. The first-order valence-electron chi connectivity index (χ1n) is 8.23. The van der Waals surface area contributed by atoms with Gasteiger partial charge in [-0.1, -0.05) is 32.9 Å². The van der Waals surface area contributed by atoms with Crippen molar-refractivity contribution in [2.45, 2.75) is 65.0 Å². The molecule has 6 heteroatoms. The summed E-state index contributed by atoms with van der Waals surface area (Å²) in [5, 5.41) is 12.6. The number of hydrogen-bond donors (Lipinski definition) is 2. The van der Waals surface area contributed by atoms with Crippen molar-refractivity contribution in [1.82, 2.24) is 5.32 Å². The van der Waals surface area contributed by atoms with Crippen molar-refractivity contribution < 1.29 is 24.2 Å². The number of rotatable bonds is 4. The molecular formula is C19H29NO5. The van der Waals surface area contributed by atoms with Gasteiger partial charge in [-0.2, -0.15) is 0 Å². The first-order chi connectivity index (χ1) is 11.3. The highest BCUT2D eigenvalue weighted by atomic mass is 16.6. The number of nitrogens with one attached hydrogen (secondary N) is 1. The molecule has 0 aromatic heterocycles. The zero-order valence-corrected chi connectivity index (χ0v) is 16.1. The summed E-state index contributed by atoms with van der Waals surface area (Å²) >= 11 is 0. The lowest BCUT2D eigenvalue weighted by Crippen LogP contribution is -2.45. The van der Waals surface area contributed by atoms with Crippen LogP contribution in [0.25, 0.3) is 0 Å². The number of benzene rings is 1. The molecule has 1 atom stereocenters. The molecule has 1 amide bonds. The average molecular weight is 351 g/mol. The third-order valence-corrected chi connectivity index (χ3v) is 3.49. The molecule has 0 saturated heterocycles. The molecule has 0 saturated carbocycles. The van der Waals surface area contributed by atoms with E-state index in [1.165, 1.54) is 7.11 Å². The number of esters is 1. The summed E-state index contributed by atoms with van der Waals surface area (Å²) in [6, 6.07) is 4.27. The van der Waals surface area contributed by atoms with Gasteiger partial charge < -0.3 is 19.9 Å². The molecule has 1 aromatic carbocycles. The summed E-state index contributed by atoms with van der Waals surface area (Å²) in [5.41, 5.74) is 0.655. The summed E-state index contributed by atoms with van der Waals surface area (Å²) in [4.78, 5) is 24.0. The van der Waals surface area contributed by atoms with E-state index < -0.39 is 23.7 Å². The van der Waals surface area contributed by atoms with Gasteiger partial charge in [-0.25, -0.2) is 9.59 Å². The van der Waals surface area contributed by atoms with E-state index in [-0.39, 0.29) is 17.6 Å². The Kier molecular flexibility index (Phi) is 6.46. The predicted molar refractivity (Wildman–Crippen MR) is 95.7 cm³/mol. The molecule has 0 aliphatic rings. The van der Waals surface area contributed by atoms with Gasteiger partial charge in [-0.15, -0.1) is 0 Å². The standard InChI is InChI=1S/C19H29NO5/c1-18(2,3)13-10-12(8-9-15(13)21)11-14(16(22)24-7)20-17(23)25-19(4,5)6/h8-10,14,21H,11H2,1-7H3,(H,20,23). The lowest BCUT2D eigenvalue weighted by Gasteiger charge is -2.24. The largest absolute Gasteiger partial charge is 0.508 e. The number of methoxy groups -OCH3 is 1. The van der Waals surface area contributed by atoms with Crippen molar-refractivity contribution in [3.8, 4) is 5.75 Å². The van der Waals surface area contributed by atoms with E-state index >= 15 is 0 Å². The summed E-state index contributed by atoms with van der Waals surface area (Å²) in [7, 11) is 1.27. The highest BCUT2D eigenvalue weighted by Crippen LogP contribution is 2.31. The van der Waals surface area contributed by atoms with Gasteiger partial charge in [0.1, 0.15) is 17.4 Å². The Labute approximate surface area is 149 Å². The molecule has 0 bridgehead atoms. The van der Waals surface area contributed by atoms with E-state index in [9.17, 15) is 14.7 Å². The third kappa shape index (κ3) is 6.64. The van der Waals surface area contributed by atoms with Crippen molar-refractivity contribution in [2.75, 3.05) is 7.11 Å². The Bertz CT molecular complexity index is 626. The number of carbonyl (C=O) groups is 2. The molecule has 2 N–H and O–H groups in total. The van der Waals surface area contributed by atoms with Crippen molar-refractivity contribution in [3.05, 3.63) is 29.3 Å². The molecule has 0 fully saturated rings. The van der Waals surface area contributed by atoms with Crippen molar-refractivity contribution in [2.24, 2.45) is 0 Å². The molecular weight excluding hydrogens is 322 g/mol. The molecule has 1 unspecified atom stereocenters. The van der Waals surface area contributed by atoms with E-state index in [2.05, 4.69) is 5.32 Å². The van der Waals surface area contributed by atoms with Crippen LogP contribution in [0, 0.1) is 0 Å². The monoisotopic (exact) mass is 351 g/mol. The maximum Gasteiger partial charge on any atom is 0.408 e. The molecule has 1 aromatic rings. The van der Waals surface area contributed by atoms with Crippen LogP contribution >= 0.6 is 0 Å². The van der Waals surface area contributed by atoms with Gasteiger partial charge in [-0.05, 0) is 43.4 Å². The Hall–Kier alpha value is -2.24. The number of ether oxygens (including phenoxy) is 2. The molecule has 0 heterocycles. The second-order valence-corrected chi connectivity index (χ2v) is 8.03. The van der Waals surface area contributed by atoms with Crippen LogP contribution in [0.1, 0.15) is 52.7 Å². The molecule has 0 spiro atoms. The second kappa shape index (κ2) is 7.76. The Balaban J connectivity index is 3.00. The zero-order valence-electron chi connectivity index (χ0n) is 16.1. The lowest BCUT2D eigenvalue weighted by molar-refractivity contribution is -0.143. The van der Waals surface area contributed by atoms with E-state index in [1.54, 1.807) is 32.9 Å². The summed E-state index contributed by atoms with van der Waals surface area (Å²) < 4.78 is 9.98. The van der Waals surface area contributed by atoms with E-state index in [4.69, 9.17) is 9.47 Å². The zero-order chi connectivity index (χ0) is 19.4. The van der Waals surface area contributed by atoms with Gasteiger partial charge in [0, 0.05) is 6.42 Å². The van der Waals surface area contributed by atoms with Gasteiger partial charge >= 0.3 is 12.1 Å². The minimum absolute atomic E-state index is 0.200. The number of hydrogen-bond acceptors (Lipinski definition) is 5. The van der Waals surface area contributed by atoms with Crippen LogP contribution in [0.3, 0.4) is 0 Å². The molecule has 0 aliphatic heterocycles. The van der Waals surface area contributed by atoms with Crippen molar-refractivity contribution >= 4 is 12.1 Å². The quantitative estimate of drug-likeness (QED) is 0.813. The number of amides is 1. The van der Waals surface area contributed by atoms with Crippen molar-refractivity contribution in [1.29, 1.82) is 0 Å². The first-order valence-corrected chi connectivity index (χ1v) is 8.23. The Morgan fingerprint density at radius 2 is 1.76 bits per heavy atom. The minimum Gasteiger partial charge on any atom is -0.508 e. The highest BCUT2D eigenvalue weighted by molar-refractivity contribution is 5.81. The van der Waals surface area contributed by atoms with E-state index in [0.29, 0.717) is 0 Å². The molecule has 25 heavy (non-hydrogen) atoms. The fraction of sp³-hybridized carbons (Fsp3) is 0.579. The number of phenols is 1. The summed E-state index contributed by atoms with van der Waals surface area (Å²) in [6.07, 6.45) is -0.451. The summed E-state index contributed by atoms with van der Waals surface area (Å²) in [6.45, 7) is 11.2. The fourth-order valence-corrected chi connectivity index (χ4v) is 2.33. The van der Waals surface area contributed by atoms with Gasteiger partial charge in [-0.3, -0.25) is 0 Å². The third-order valence-electron chi connectivity index (χ3n) is 3.49. The second-order valence-electron chi connectivity index (χ2n) is 8.03. The minimum atomic E-state index is -0.878. The van der Waals surface area contributed by atoms with Gasteiger partial charge in [0.15, 0.2) is 0 Å². The molecule has 1 rings (SSSR count). The molecule has 140 valence electrons. The Morgan fingerprint density at radius 3 is 2.24 bits per heavy atom. The Morgan fingerprint density at radius 1 is 1.16 bits per heavy atom. The molecule has 6 nitrogen and oxygen atoms in total. The number of carbonyl (C=O) groups excluding carboxylic acids is 2. The first kappa shape index (κ1) is 20.8. The predicted octanol–water partition coefficient (Wildman–Crippen LogP) is 3.30. The SMILES string of the molecule is COC(=O)C(Cc1ccc(O)c(C(C)(C)C)c1)NC(=O)OC(C)(C)C.